The minimum absolute atomic E-state index is 0.0351. The molecule has 0 bridgehead atoms. The molecule has 0 N–H and O–H groups in total. The van der Waals surface area contributed by atoms with E-state index >= 15 is 0 Å². The molecule has 2 atom stereocenters. The van der Waals surface area contributed by atoms with Gasteiger partial charge in [-0.15, -0.1) is 0 Å². The number of aromatic nitrogens is 2. The van der Waals surface area contributed by atoms with Crippen LogP contribution in [0, 0.1) is 34.5 Å². The summed E-state index contributed by atoms with van der Waals surface area (Å²) >= 11 is 0. The van der Waals surface area contributed by atoms with Crippen molar-refractivity contribution >= 4 is 0 Å². The largest absolute Gasteiger partial charge is 0.335 e. The molecule has 0 saturated heterocycles. The lowest BCUT2D eigenvalue weighted by molar-refractivity contribution is 0.218. The van der Waals surface area contributed by atoms with Gasteiger partial charge in [0.05, 0.1) is 18.1 Å². The molecule has 5 heteroatoms. The van der Waals surface area contributed by atoms with Crippen LogP contribution in [0.15, 0.2) is 12.4 Å². The SMILES string of the molecule is CN(C[C@H](C#N)CCC#N)C[C@@H]1CCc2nccn2C1. The van der Waals surface area contributed by atoms with Crippen molar-refractivity contribution in [2.24, 2.45) is 11.8 Å². The van der Waals surface area contributed by atoms with Crippen molar-refractivity contribution in [3.8, 4) is 12.1 Å². The Hall–Kier alpha value is -1.85. The summed E-state index contributed by atoms with van der Waals surface area (Å²) in [5.41, 5.74) is 0. The maximum atomic E-state index is 9.11. The molecular weight excluding hydrogens is 250 g/mol. The van der Waals surface area contributed by atoms with Crippen molar-refractivity contribution in [1.29, 1.82) is 10.5 Å². The van der Waals surface area contributed by atoms with Crippen LogP contribution in [-0.2, 0) is 13.0 Å². The van der Waals surface area contributed by atoms with Gasteiger partial charge in [0, 0.05) is 44.9 Å². The molecule has 0 aliphatic carbocycles. The second-order valence-electron chi connectivity index (χ2n) is 5.64. The van der Waals surface area contributed by atoms with Gasteiger partial charge >= 0.3 is 0 Å². The molecule has 5 nitrogen and oxygen atoms in total. The highest BCUT2D eigenvalue weighted by Crippen LogP contribution is 2.20. The number of imidazole rings is 1. The normalized spacial score (nSPS) is 19.1. The van der Waals surface area contributed by atoms with E-state index in [1.807, 2.05) is 12.4 Å². The highest BCUT2D eigenvalue weighted by molar-refractivity contribution is 4.97. The monoisotopic (exact) mass is 271 g/mol. The fourth-order valence-electron chi connectivity index (χ4n) is 2.91. The van der Waals surface area contributed by atoms with Gasteiger partial charge in [0.1, 0.15) is 5.82 Å². The molecule has 1 aliphatic heterocycles. The lowest BCUT2D eigenvalue weighted by Gasteiger charge is -2.29. The number of nitriles is 2. The number of hydrogen-bond donors (Lipinski definition) is 0. The average molecular weight is 271 g/mol. The van der Waals surface area contributed by atoms with Gasteiger partial charge in [-0.2, -0.15) is 10.5 Å². The van der Waals surface area contributed by atoms with E-state index in [9.17, 15) is 0 Å². The van der Waals surface area contributed by atoms with Crippen molar-refractivity contribution in [2.45, 2.75) is 32.2 Å². The zero-order chi connectivity index (χ0) is 14.4. The Morgan fingerprint density at radius 1 is 1.55 bits per heavy atom. The van der Waals surface area contributed by atoms with Crippen molar-refractivity contribution in [3.05, 3.63) is 18.2 Å². The summed E-state index contributed by atoms with van der Waals surface area (Å²) in [5, 5.41) is 17.7. The van der Waals surface area contributed by atoms with Gasteiger partial charge in [0.15, 0.2) is 0 Å². The fourth-order valence-corrected chi connectivity index (χ4v) is 2.91. The average Bonchev–Trinajstić information content (AvgIpc) is 2.90. The van der Waals surface area contributed by atoms with Gasteiger partial charge in [0.25, 0.3) is 0 Å². The van der Waals surface area contributed by atoms with E-state index in [0.717, 1.165) is 32.5 Å². The zero-order valence-electron chi connectivity index (χ0n) is 12.0. The van der Waals surface area contributed by atoms with E-state index in [0.29, 0.717) is 18.8 Å². The summed E-state index contributed by atoms with van der Waals surface area (Å²) in [7, 11) is 2.07. The van der Waals surface area contributed by atoms with Crippen molar-refractivity contribution in [3.63, 3.8) is 0 Å². The van der Waals surface area contributed by atoms with Gasteiger partial charge in [-0.3, -0.25) is 0 Å². The van der Waals surface area contributed by atoms with Crippen LogP contribution in [0.25, 0.3) is 0 Å². The topological polar surface area (TPSA) is 68.6 Å². The standard InChI is InChI=1S/C15H21N5/c1-19(10-13(9-17)3-2-6-16)11-14-4-5-15-18-7-8-20(15)12-14/h7-8,13-14H,2-5,10-12H2,1H3/t13-,14-/m0/s1. The van der Waals surface area contributed by atoms with Crippen molar-refractivity contribution < 1.29 is 0 Å². The Kier molecular flexibility index (Phi) is 5.15. The minimum Gasteiger partial charge on any atom is -0.335 e. The molecule has 1 aromatic rings. The third-order valence-corrected chi connectivity index (χ3v) is 3.92. The first kappa shape index (κ1) is 14.6. The van der Waals surface area contributed by atoms with E-state index in [4.69, 9.17) is 10.5 Å². The predicted molar refractivity (Wildman–Crippen MR) is 75.5 cm³/mol. The molecule has 0 spiro atoms. The summed E-state index contributed by atoms with van der Waals surface area (Å²) in [6.07, 6.45) is 7.27. The first-order chi connectivity index (χ1) is 9.72. The lowest BCUT2D eigenvalue weighted by Crippen LogP contribution is -2.34. The predicted octanol–water partition coefficient (Wildman–Crippen LogP) is 1.82. The summed E-state index contributed by atoms with van der Waals surface area (Å²) in [4.78, 5) is 6.58. The number of aryl methyl sites for hydroxylation is 1. The number of rotatable bonds is 6. The molecule has 20 heavy (non-hydrogen) atoms. The Morgan fingerprint density at radius 3 is 3.15 bits per heavy atom. The van der Waals surface area contributed by atoms with E-state index in [1.54, 1.807) is 0 Å². The number of fused-ring (bicyclic) bond motifs is 1. The first-order valence-corrected chi connectivity index (χ1v) is 7.18. The number of nitrogens with zero attached hydrogens (tertiary/aromatic N) is 5. The summed E-state index contributed by atoms with van der Waals surface area (Å²) in [6.45, 7) is 2.78. The summed E-state index contributed by atoms with van der Waals surface area (Å²) in [5.74, 6) is 1.77. The van der Waals surface area contributed by atoms with Crippen LogP contribution in [0.2, 0.25) is 0 Å². The van der Waals surface area contributed by atoms with E-state index in [1.165, 1.54) is 5.82 Å². The lowest BCUT2D eigenvalue weighted by atomic mass is 9.98. The molecule has 2 rings (SSSR count). The van der Waals surface area contributed by atoms with Gasteiger partial charge in [-0.05, 0) is 25.8 Å². The highest BCUT2D eigenvalue weighted by Gasteiger charge is 2.21. The second kappa shape index (κ2) is 7.07. The Labute approximate surface area is 120 Å². The van der Waals surface area contributed by atoms with E-state index in [-0.39, 0.29) is 5.92 Å². The van der Waals surface area contributed by atoms with E-state index < -0.39 is 0 Å². The quantitative estimate of drug-likeness (QED) is 0.791. The van der Waals surface area contributed by atoms with Gasteiger partial charge in [-0.1, -0.05) is 0 Å². The van der Waals surface area contributed by atoms with Crippen molar-refractivity contribution in [2.75, 3.05) is 20.1 Å². The molecule has 0 unspecified atom stereocenters. The molecule has 1 aromatic heterocycles. The summed E-state index contributed by atoms with van der Waals surface area (Å²) < 4.78 is 2.24. The molecule has 0 amide bonds. The Balaban J connectivity index is 1.79. The molecule has 1 aliphatic rings. The summed E-state index contributed by atoms with van der Waals surface area (Å²) in [6, 6.07) is 4.42. The van der Waals surface area contributed by atoms with Gasteiger partial charge in [0.2, 0.25) is 0 Å². The molecule has 106 valence electrons. The maximum Gasteiger partial charge on any atom is 0.108 e. The highest BCUT2D eigenvalue weighted by atomic mass is 15.1. The molecule has 0 saturated carbocycles. The van der Waals surface area contributed by atoms with Crippen LogP contribution < -0.4 is 0 Å². The van der Waals surface area contributed by atoms with Crippen molar-refractivity contribution in [1.82, 2.24) is 14.5 Å². The van der Waals surface area contributed by atoms with Crippen LogP contribution in [0.5, 0.6) is 0 Å². The first-order valence-electron chi connectivity index (χ1n) is 7.18. The fraction of sp³-hybridized carbons (Fsp3) is 0.667. The molecular formula is C15H21N5. The van der Waals surface area contributed by atoms with Crippen LogP contribution in [-0.4, -0.2) is 34.6 Å². The number of hydrogen-bond acceptors (Lipinski definition) is 4. The van der Waals surface area contributed by atoms with E-state index in [2.05, 4.69) is 33.6 Å². The van der Waals surface area contributed by atoms with Crippen LogP contribution in [0.4, 0.5) is 0 Å². The van der Waals surface area contributed by atoms with Crippen LogP contribution >= 0.6 is 0 Å². The Morgan fingerprint density at radius 2 is 2.40 bits per heavy atom. The molecule has 0 radical (unpaired) electrons. The smallest absolute Gasteiger partial charge is 0.108 e. The third kappa shape index (κ3) is 3.82. The third-order valence-electron chi connectivity index (χ3n) is 3.92. The molecule has 0 aromatic carbocycles. The van der Waals surface area contributed by atoms with Gasteiger partial charge in [-0.25, -0.2) is 4.98 Å². The van der Waals surface area contributed by atoms with Crippen LogP contribution in [0.1, 0.15) is 25.1 Å². The zero-order valence-corrected chi connectivity index (χ0v) is 12.0. The second-order valence-corrected chi connectivity index (χ2v) is 5.64. The molecule has 0 fully saturated rings. The Bertz CT molecular complexity index is 507. The van der Waals surface area contributed by atoms with Gasteiger partial charge < -0.3 is 9.47 Å². The molecule has 2 heterocycles. The maximum absolute atomic E-state index is 9.11. The minimum atomic E-state index is -0.0351. The van der Waals surface area contributed by atoms with Crippen LogP contribution in [0.3, 0.4) is 0 Å².